The number of carbonyl (C=O) groups is 1. The number of nitrogens with zero attached hydrogens (tertiary/aromatic N) is 3. The van der Waals surface area contributed by atoms with Gasteiger partial charge >= 0.3 is 0 Å². The average Bonchev–Trinajstić information content (AvgIpc) is 2.43. The predicted molar refractivity (Wildman–Crippen MR) is 75.3 cm³/mol. The molecule has 8 nitrogen and oxygen atoms in total. The van der Waals surface area contributed by atoms with E-state index >= 15 is 0 Å². The molecule has 0 aliphatic carbocycles. The van der Waals surface area contributed by atoms with E-state index in [1.165, 1.54) is 37.4 Å². The molecule has 2 rings (SSSR count). The molecule has 1 aromatic heterocycles. The molecular formula is C13H12N4O4. The molecule has 8 heteroatoms. The molecule has 21 heavy (non-hydrogen) atoms. The Morgan fingerprint density at radius 1 is 1.33 bits per heavy atom. The second-order valence-electron chi connectivity index (χ2n) is 4.39. The molecule has 0 saturated carbocycles. The molecule has 0 aliphatic heterocycles. The van der Waals surface area contributed by atoms with Crippen molar-refractivity contribution in [1.29, 1.82) is 0 Å². The van der Waals surface area contributed by atoms with Crippen molar-refractivity contribution in [2.75, 3.05) is 5.32 Å². The number of non-ortho nitro benzene ring substituents is 1. The summed E-state index contributed by atoms with van der Waals surface area (Å²) in [5.41, 5.74) is 0.710. The maximum absolute atomic E-state index is 12.0. The Kier molecular flexibility index (Phi) is 3.79. The summed E-state index contributed by atoms with van der Waals surface area (Å²) in [6.45, 7) is 1.65. The van der Waals surface area contributed by atoms with Gasteiger partial charge in [0.2, 0.25) is 0 Å². The van der Waals surface area contributed by atoms with Crippen LogP contribution in [-0.2, 0) is 7.05 Å². The molecular weight excluding hydrogens is 276 g/mol. The van der Waals surface area contributed by atoms with Crippen LogP contribution in [0.2, 0.25) is 0 Å². The van der Waals surface area contributed by atoms with Gasteiger partial charge in [-0.15, -0.1) is 0 Å². The number of aromatic nitrogens is 2. The number of nitro groups is 1. The minimum absolute atomic E-state index is 0.0502. The van der Waals surface area contributed by atoms with E-state index in [4.69, 9.17) is 0 Å². The Bertz CT molecular complexity index is 782. The van der Waals surface area contributed by atoms with E-state index in [0.717, 1.165) is 4.68 Å². The van der Waals surface area contributed by atoms with Crippen LogP contribution in [-0.4, -0.2) is 20.6 Å². The van der Waals surface area contributed by atoms with Crippen molar-refractivity contribution in [3.8, 4) is 0 Å². The smallest absolute Gasteiger partial charge is 0.276 e. The molecule has 1 aromatic carbocycles. The Morgan fingerprint density at radius 2 is 2.05 bits per heavy atom. The third-order valence-electron chi connectivity index (χ3n) is 2.86. The van der Waals surface area contributed by atoms with Gasteiger partial charge in [-0.3, -0.25) is 19.7 Å². The Labute approximate surface area is 119 Å². The molecule has 1 amide bonds. The van der Waals surface area contributed by atoms with E-state index < -0.39 is 10.8 Å². The van der Waals surface area contributed by atoms with Gasteiger partial charge in [0.05, 0.1) is 4.92 Å². The Hall–Kier alpha value is -3.03. The molecule has 0 fully saturated rings. The number of benzene rings is 1. The van der Waals surface area contributed by atoms with Crippen LogP contribution >= 0.6 is 0 Å². The Morgan fingerprint density at radius 3 is 2.62 bits per heavy atom. The lowest BCUT2D eigenvalue weighted by atomic mass is 10.1. The van der Waals surface area contributed by atoms with E-state index in [1.807, 2.05) is 0 Å². The highest BCUT2D eigenvalue weighted by atomic mass is 16.6. The number of anilines is 1. The zero-order chi connectivity index (χ0) is 15.6. The summed E-state index contributed by atoms with van der Waals surface area (Å²) in [6.07, 6.45) is 0. The van der Waals surface area contributed by atoms with Crippen molar-refractivity contribution in [1.82, 2.24) is 9.78 Å². The molecule has 0 aliphatic rings. The maximum atomic E-state index is 12.0. The van der Waals surface area contributed by atoms with Crippen molar-refractivity contribution in [3.63, 3.8) is 0 Å². The summed E-state index contributed by atoms with van der Waals surface area (Å²) in [5.74, 6) is -0.498. The van der Waals surface area contributed by atoms with Gasteiger partial charge in [0, 0.05) is 30.9 Å². The predicted octanol–water partition coefficient (Wildman–Crippen LogP) is 1.25. The van der Waals surface area contributed by atoms with Gasteiger partial charge < -0.3 is 5.32 Å². The van der Waals surface area contributed by atoms with E-state index in [9.17, 15) is 19.7 Å². The second-order valence-corrected chi connectivity index (χ2v) is 4.39. The van der Waals surface area contributed by atoms with Crippen LogP contribution in [0.5, 0.6) is 0 Å². The standard InChI is InChI=1S/C13H12N4O4/c1-8-7-9(17(20)21)3-4-10(8)14-13(19)11-5-6-12(18)16(2)15-11/h3-7H,1-2H3,(H,14,19). The largest absolute Gasteiger partial charge is 0.320 e. The molecule has 0 atom stereocenters. The summed E-state index contributed by atoms with van der Waals surface area (Å²) in [7, 11) is 1.44. The molecule has 0 saturated heterocycles. The normalized spacial score (nSPS) is 10.2. The van der Waals surface area contributed by atoms with Crippen molar-refractivity contribution in [2.24, 2.45) is 7.05 Å². The van der Waals surface area contributed by atoms with E-state index in [-0.39, 0.29) is 16.9 Å². The summed E-state index contributed by atoms with van der Waals surface area (Å²) < 4.78 is 1.05. The first-order valence-electron chi connectivity index (χ1n) is 5.99. The third kappa shape index (κ3) is 3.11. The first-order valence-corrected chi connectivity index (χ1v) is 5.99. The molecule has 1 N–H and O–H groups in total. The van der Waals surface area contributed by atoms with Gasteiger partial charge in [-0.25, -0.2) is 4.68 Å². The number of nitrogens with one attached hydrogen (secondary N) is 1. The minimum atomic E-state index is -0.507. The number of rotatable bonds is 3. The van der Waals surface area contributed by atoms with Crippen LogP contribution in [0.1, 0.15) is 16.1 Å². The van der Waals surface area contributed by atoms with Crippen LogP contribution in [0.15, 0.2) is 35.1 Å². The van der Waals surface area contributed by atoms with E-state index in [0.29, 0.717) is 11.3 Å². The summed E-state index contributed by atoms with van der Waals surface area (Å²) in [5, 5.41) is 17.1. The van der Waals surface area contributed by atoms with Gasteiger partial charge in [0.1, 0.15) is 5.69 Å². The number of carbonyl (C=O) groups excluding carboxylic acids is 1. The Balaban J connectivity index is 2.25. The number of nitro benzene ring substituents is 1. The fourth-order valence-electron chi connectivity index (χ4n) is 1.71. The number of hydrogen-bond acceptors (Lipinski definition) is 5. The van der Waals surface area contributed by atoms with Gasteiger partial charge in [0.15, 0.2) is 0 Å². The summed E-state index contributed by atoms with van der Waals surface area (Å²) in [4.78, 5) is 33.4. The quantitative estimate of drug-likeness (QED) is 0.675. The number of hydrogen-bond donors (Lipinski definition) is 1. The highest BCUT2D eigenvalue weighted by molar-refractivity contribution is 6.03. The van der Waals surface area contributed by atoms with Gasteiger partial charge in [-0.1, -0.05) is 0 Å². The summed E-state index contributed by atoms with van der Waals surface area (Å²) in [6, 6.07) is 6.68. The van der Waals surface area contributed by atoms with E-state index in [2.05, 4.69) is 10.4 Å². The molecule has 0 unspecified atom stereocenters. The van der Waals surface area contributed by atoms with Crippen LogP contribution in [0.4, 0.5) is 11.4 Å². The first-order chi connectivity index (χ1) is 9.88. The first kappa shape index (κ1) is 14.4. The second kappa shape index (κ2) is 5.53. The molecule has 0 radical (unpaired) electrons. The fourth-order valence-corrected chi connectivity index (χ4v) is 1.71. The lowest BCUT2D eigenvalue weighted by Gasteiger charge is -2.08. The number of amides is 1. The van der Waals surface area contributed by atoms with Crippen molar-refractivity contribution < 1.29 is 9.72 Å². The van der Waals surface area contributed by atoms with Crippen molar-refractivity contribution in [3.05, 3.63) is 62.1 Å². The topological polar surface area (TPSA) is 107 Å². The SMILES string of the molecule is Cc1cc([N+](=O)[O-])ccc1NC(=O)c1ccc(=O)n(C)n1. The van der Waals surface area contributed by atoms with Gasteiger partial charge in [-0.2, -0.15) is 5.10 Å². The minimum Gasteiger partial charge on any atom is -0.320 e. The highest BCUT2D eigenvalue weighted by Crippen LogP contribution is 2.21. The lowest BCUT2D eigenvalue weighted by Crippen LogP contribution is -2.23. The average molecular weight is 288 g/mol. The van der Waals surface area contributed by atoms with Crippen molar-refractivity contribution >= 4 is 17.3 Å². The molecule has 1 heterocycles. The maximum Gasteiger partial charge on any atom is 0.276 e. The zero-order valence-corrected chi connectivity index (χ0v) is 11.4. The monoisotopic (exact) mass is 288 g/mol. The van der Waals surface area contributed by atoms with Crippen molar-refractivity contribution in [2.45, 2.75) is 6.92 Å². The van der Waals surface area contributed by atoms with Crippen LogP contribution in [0, 0.1) is 17.0 Å². The lowest BCUT2D eigenvalue weighted by molar-refractivity contribution is -0.384. The molecule has 0 bridgehead atoms. The third-order valence-corrected chi connectivity index (χ3v) is 2.86. The molecule has 0 spiro atoms. The molecule has 108 valence electrons. The fraction of sp³-hybridized carbons (Fsp3) is 0.154. The van der Waals surface area contributed by atoms with Crippen LogP contribution in [0.25, 0.3) is 0 Å². The van der Waals surface area contributed by atoms with Crippen LogP contribution < -0.4 is 10.9 Å². The number of aryl methyl sites for hydroxylation is 2. The molecule has 2 aromatic rings. The highest BCUT2D eigenvalue weighted by Gasteiger charge is 2.13. The zero-order valence-electron chi connectivity index (χ0n) is 11.4. The van der Waals surface area contributed by atoms with Gasteiger partial charge in [0.25, 0.3) is 17.2 Å². The van der Waals surface area contributed by atoms with E-state index in [1.54, 1.807) is 6.92 Å². The summed E-state index contributed by atoms with van der Waals surface area (Å²) >= 11 is 0. The van der Waals surface area contributed by atoms with Crippen LogP contribution in [0.3, 0.4) is 0 Å². The van der Waals surface area contributed by atoms with Gasteiger partial charge in [-0.05, 0) is 24.6 Å².